The number of benzene rings is 1. The van der Waals surface area contributed by atoms with Crippen molar-refractivity contribution < 1.29 is 0 Å². The summed E-state index contributed by atoms with van der Waals surface area (Å²) in [6.45, 7) is 5.09. The third-order valence-corrected chi connectivity index (χ3v) is 2.77. The van der Waals surface area contributed by atoms with Crippen molar-refractivity contribution in [2.75, 3.05) is 6.54 Å². The van der Waals surface area contributed by atoms with E-state index in [0.29, 0.717) is 0 Å². The van der Waals surface area contributed by atoms with Gasteiger partial charge in [0.25, 0.3) is 0 Å². The maximum atomic E-state index is 4.07. The van der Waals surface area contributed by atoms with Gasteiger partial charge in [-0.15, -0.1) is 0 Å². The van der Waals surface area contributed by atoms with Crippen LogP contribution in [0.25, 0.3) is 0 Å². The Morgan fingerprint density at radius 2 is 2.06 bits per heavy atom. The Hall–Kier alpha value is -1.61. The Morgan fingerprint density at radius 3 is 2.76 bits per heavy atom. The molecule has 1 N–H and O–H groups in total. The van der Waals surface area contributed by atoms with E-state index >= 15 is 0 Å². The van der Waals surface area contributed by atoms with Crippen molar-refractivity contribution in [1.82, 2.24) is 14.9 Å². The summed E-state index contributed by atoms with van der Waals surface area (Å²) in [5, 5.41) is 3.45. The molecule has 0 unspecified atom stereocenters. The summed E-state index contributed by atoms with van der Waals surface area (Å²) < 4.78 is 2.10. The lowest BCUT2D eigenvalue weighted by atomic mass is 10.1. The lowest BCUT2D eigenvalue weighted by molar-refractivity contribution is 0.666. The van der Waals surface area contributed by atoms with Crippen molar-refractivity contribution in [3.05, 3.63) is 54.1 Å². The van der Waals surface area contributed by atoms with Crippen molar-refractivity contribution >= 4 is 0 Å². The second-order valence-corrected chi connectivity index (χ2v) is 4.18. The molecule has 3 heteroatoms. The van der Waals surface area contributed by atoms with Crippen LogP contribution >= 0.6 is 0 Å². The number of hydrogen-bond acceptors (Lipinski definition) is 2. The Kier molecular flexibility index (Phi) is 4.33. The van der Waals surface area contributed by atoms with Crippen LogP contribution in [0, 0.1) is 0 Å². The van der Waals surface area contributed by atoms with Crippen LogP contribution < -0.4 is 5.32 Å². The van der Waals surface area contributed by atoms with E-state index in [0.717, 1.165) is 19.6 Å². The second kappa shape index (κ2) is 6.21. The molecule has 0 radical (unpaired) electrons. The number of nitrogens with one attached hydrogen (secondary N) is 1. The molecule has 0 saturated heterocycles. The predicted molar refractivity (Wildman–Crippen MR) is 69.8 cm³/mol. The molecule has 0 amide bonds. The summed E-state index contributed by atoms with van der Waals surface area (Å²) in [6, 6.07) is 8.56. The molecule has 0 spiro atoms. The largest absolute Gasteiger partial charge is 0.333 e. The Morgan fingerprint density at radius 1 is 1.24 bits per heavy atom. The fourth-order valence-corrected chi connectivity index (χ4v) is 1.86. The molecule has 1 aromatic carbocycles. The predicted octanol–water partition coefficient (Wildman–Crippen LogP) is 2.43. The van der Waals surface area contributed by atoms with Gasteiger partial charge in [0, 0.05) is 25.5 Å². The minimum atomic E-state index is 0.893. The molecule has 0 bridgehead atoms. The first-order valence-corrected chi connectivity index (χ1v) is 6.13. The van der Waals surface area contributed by atoms with Gasteiger partial charge in [-0.05, 0) is 24.1 Å². The van der Waals surface area contributed by atoms with Gasteiger partial charge in [-0.25, -0.2) is 4.98 Å². The van der Waals surface area contributed by atoms with Gasteiger partial charge in [-0.2, -0.15) is 0 Å². The van der Waals surface area contributed by atoms with Crippen molar-refractivity contribution in [3.63, 3.8) is 0 Å². The summed E-state index contributed by atoms with van der Waals surface area (Å²) in [7, 11) is 0. The zero-order valence-corrected chi connectivity index (χ0v) is 10.3. The Labute approximate surface area is 103 Å². The molecule has 0 aliphatic rings. The number of nitrogens with zero attached hydrogens (tertiary/aromatic N) is 2. The molecule has 2 rings (SSSR count). The van der Waals surface area contributed by atoms with E-state index in [1.165, 1.54) is 17.5 Å². The third-order valence-electron chi connectivity index (χ3n) is 2.77. The summed E-state index contributed by atoms with van der Waals surface area (Å²) in [5.74, 6) is 0. The van der Waals surface area contributed by atoms with Crippen molar-refractivity contribution in [2.45, 2.75) is 26.4 Å². The molecule has 17 heavy (non-hydrogen) atoms. The van der Waals surface area contributed by atoms with Crippen LogP contribution in [0.15, 0.2) is 43.0 Å². The van der Waals surface area contributed by atoms with Crippen LogP contribution in [-0.2, 0) is 13.1 Å². The fourth-order valence-electron chi connectivity index (χ4n) is 1.86. The zero-order chi connectivity index (χ0) is 11.9. The second-order valence-electron chi connectivity index (χ2n) is 4.18. The van der Waals surface area contributed by atoms with Crippen LogP contribution in [0.1, 0.15) is 24.5 Å². The normalized spacial score (nSPS) is 10.6. The topological polar surface area (TPSA) is 29.9 Å². The molecular weight excluding hydrogens is 210 g/mol. The van der Waals surface area contributed by atoms with Crippen molar-refractivity contribution in [3.8, 4) is 0 Å². The van der Waals surface area contributed by atoms with Crippen LogP contribution in [0.3, 0.4) is 0 Å². The molecule has 0 aliphatic heterocycles. The molecule has 2 aromatic rings. The molecular formula is C14H19N3. The summed E-state index contributed by atoms with van der Waals surface area (Å²) >= 11 is 0. The quantitative estimate of drug-likeness (QED) is 0.771. The Balaban J connectivity index is 2.05. The van der Waals surface area contributed by atoms with E-state index in [1.807, 2.05) is 18.7 Å². The maximum Gasteiger partial charge on any atom is 0.0949 e. The molecule has 0 fully saturated rings. The van der Waals surface area contributed by atoms with E-state index < -0.39 is 0 Å². The Bertz CT molecular complexity index is 434. The molecule has 1 aromatic heterocycles. The zero-order valence-electron chi connectivity index (χ0n) is 10.3. The molecule has 0 saturated carbocycles. The van der Waals surface area contributed by atoms with Gasteiger partial charge in [0.05, 0.1) is 6.33 Å². The highest BCUT2D eigenvalue weighted by Crippen LogP contribution is 2.10. The van der Waals surface area contributed by atoms with E-state index in [1.54, 1.807) is 0 Å². The first-order valence-electron chi connectivity index (χ1n) is 6.13. The molecule has 0 aliphatic carbocycles. The van der Waals surface area contributed by atoms with Gasteiger partial charge in [0.2, 0.25) is 0 Å². The smallest absolute Gasteiger partial charge is 0.0949 e. The van der Waals surface area contributed by atoms with E-state index in [4.69, 9.17) is 0 Å². The average molecular weight is 229 g/mol. The standard InChI is InChI=1S/C14H19N3/c1-2-7-15-10-13-5-3-4-6-14(13)11-17-9-8-16-12-17/h3-6,8-9,12,15H,2,7,10-11H2,1H3. The van der Waals surface area contributed by atoms with Crippen LogP contribution in [0.4, 0.5) is 0 Å². The van der Waals surface area contributed by atoms with Gasteiger partial charge >= 0.3 is 0 Å². The number of hydrogen-bond donors (Lipinski definition) is 1. The highest BCUT2D eigenvalue weighted by molar-refractivity contribution is 5.27. The highest BCUT2D eigenvalue weighted by atomic mass is 15.0. The lowest BCUT2D eigenvalue weighted by Crippen LogP contribution is -2.15. The molecule has 3 nitrogen and oxygen atoms in total. The average Bonchev–Trinajstić information content (AvgIpc) is 2.84. The van der Waals surface area contributed by atoms with Crippen molar-refractivity contribution in [2.24, 2.45) is 0 Å². The number of rotatable bonds is 6. The minimum absolute atomic E-state index is 0.893. The SMILES string of the molecule is CCCNCc1ccccc1Cn1ccnc1. The third kappa shape index (κ3) is 3.43. The molecule has 0 atom stereocenters. The van der Waals surface area contributed by atoms with Gasteiger partial charge < -0.3 is 9.88 Å². The summed E-state index contributed by atoms with van der Waals surface area (Å²) in [6.07, 6.45) is 6.84. The van der Waals surface area contributed by atoms with Gasteiger partial charge in [0.1, 0.15) is 0 Å². The summed E-state index contributed by atoms with van der Waals surface area (Å²) in [5.41, 5.74) is 2.73. The van der Waals surface area contributed by atoms with Gasteiger partial charge in [-0.3, -0.25) is 0 Å². The monoisotopic (exact) mass is 229 g/mol. The van der Waals surface area contributed by atoms with E-state index in [9.17, 15) is 0 Å². The fraction of sp³-hybridized carbons (Fsp3) is 0.357. The highest BCUT2D eigenvalue weighted by Gasteiger charge is 2.01. The van der Waals surface area contributed by atoms with Gasteiger partial charge in [-0.1, -0.05) is 31.2 Å². The van der Waals surface area contributed by atoms with E-state index in [2.05, 4.69) is 46.1 Å². The minimum Gasteiger partial charge on any atom is -0.333 e. The first kappa shape index (κ1) is 11.9. The lowest BCUT2D eigenvalue weighted by Gasteiger charge is -2.10. The van der Waals surface area contributed by atoms with Gasteiger partial charge in [0.15, 0.2) is 0 Å². The summed E-state index contributed by atoms with van der Waals surface area (Å²) in [4.78, 5) is 4.07. The van der Waals surface area contributed by atoms with E-state index in [-0.39, 0.29) is 0 Å². The van der Waals surface area contributed by atoms with Crippen LogP contribution in [-0.4, -0.2) is 16.1 Å². The molecule has 90 valence electrons. The molecule has 1 heterocycles. The number of imidazole rings is 1. The first-order chi connectivity index (χ1) is 8.40. The van der Waals surface area contributed by atoms with Crippen LogP contribution in [0.5, 0.6) is 0 Å². The van der Waals surface area contributed by atoms with Crippen molar-refractivity contribution in [1.29, 1.82) is 0 Å². The number of aromatic nitrogens is 2. The maximum absolute atomic E-state index is 4.07. The van der Waals surface area contributed by atoms with Crippen LogP contribution in [0.2, 0.25) is 0 Å².